The van der Waals surface area contributed by atoms with Gasteiger partial charge in [-0.2, -0.15) is 0 Å². The number of hydrogen-bond donors (Lipinski definition) is 2. The van der Waals surface area contributed by atoms with Crippen molar-refractivity contribution in [2.45, 2.75) is 19.1 Å². The number of para-hydroxylation sites is 1. The lowest BCUT2D eigenvalue weighted by Crippen LogP contribution is -2.49. The summed E-state index contributed by atoms with van der Waals surface area (Å²) in [5, 5.41) is 18.3. The van der Waals surface area contributed by atoms with E-state index in [4.69, 9.17) is 9.84 Å². The van der Waals surface area contributed by atoms with Crippen LogP contribution in [-0.2, 0) is 4.79 Å². The lowest BCUT2D eigenvalue weighted by atomic mass is 10.1. The van der Waals surface area contributed by atoms with E-state index in [2.05, 4.69) is 0 Å². The summed E-state index contributed by atoms with van der Waals surface area (Å²) in [6.07, 6.45) is -2.04. The molecule has 2 atom stereocenters. The van der Waals surface area contributed by atoms with Crippen molar-refractivity contribution in [3.05, 3.63) is 30.3 Å². The number of aliphatic hydroxyl groups excluding tert-OH is 1. The summed E-state index contributed by atoms with van der Waals surface area (Å²) in [5.74, 6) is -0.985. The number of carbonyl (C=O) groups excluding carboxylic acids is 1. The maximum absolute atomic E-state index is 11.7. The molecule has 18 heavy (non-hydrogen) atoms. The molecular formula is C12H15NO5. The van der Waals surface area contributed by atoms with Gasteiger partial charge in [0.05, 0.1) is 6.10 Å². The van der Waals surface area contributed by atoms with Crippen LogP contribution in [0.3, 0.4) is 0 Å². The molecule has 1 amide bonds. The van der Waals surface area contributed by atoms with Gasteiger partial charge in [0.15, 0.2) is 6.04 Å². The number of carboxylic acids is 1. The highest BCUT2D eigenvalue weighted by Gasteiger charge is 2.31. The van der Waals surface area contributed by atoms with Gasteiger partial charge >= 0.3 is 12.1 Å². The van der Waals surface area contributed by atoms with Crippen LogP contribution in [0, 0.1) is 0 Å². The highest BCUT2D eigenvalue weighted by atomic mass is 16.6. The molecule has 6 nitrogen and oxygen atoms in total. The Balaban J connectivity index is 2.74. The number of likely N-dealkylation sites (N-methyl/N-ethyl adjacent to an activating group) is 1. The number of carbonyl (C=O) groups is 2. The zero-order valence-electron chi connectivity index (χ0n) is 10.1. The molecule has 0 bridgehead atoms. The first-order chi connectivity index (χ1) is 8.43. The van der Waals surface area contributed by atoms with Crippen LogP contribution in [0.25, 0.3) is 0 Å². The zero-order chi connectivity index (χ0) is 13.7. The zero-order valence-corrected chi connectivity index (χ0v) is 10.1. The molecule has 0 saturated heterocycles. The molecule has 2 N–H and O–H groups in total. The van der Waals surface area contributed by atoms with Crippen LogP contribution < -0.4 is 4.74 Å². The van der Waals surface area contributed by atoms with Crippen LogP contribution in [0.5, 0.6) is 5.75 Å². The predicted octanol–water partition coefficient (Wildman–Crippen LogP) is 0.951. The van der Waals surface area contributed by atoms with Gasteiger partial charge in [-0.1, -0.05) is 18.2 Å². The van der Waals surface area contributed by atoms with Crippen molar-refractivity contribution in [2.24, 2.45) is 0 Å². The van der Waals surface area contributed by atoms with Crippen molar-refractivity contribution in [1.29, 1.82) is 0 Å². The fraction of sp³-hybridized carbons (Fsp3) is 0.333. The maximum Gasteiger partial charge on any atom is 0.415 e. The van der Waals surface area contributed by atoms with Gasteiger partial charge in [-0.05, 0) is 19.1 Å². The Morgan fingerprint density at radius 1 is 1.28 bits per heavy atom. The summed E-state index contributed by atoms with van der Waals surface area (Å²) in [5.41, 5.74) is 0. The van der Waals surface area contributed by atoms with E-state index in [0.717, 1.165) is 4.90 Å². The molecule has 6 heteroatoms. The SMILES string of the molecule is C[C@@H](O)[C@@H](C(=O)O)N(C)C(=O)Oc1ccccc1. The third kappa shape index (κ3) is 3.46. The van der Waals surface area contributed by atoms with E-state index in [1.165, 1.54) is 14.0 Å². The van der Waals surface area contributed by atoms with E-state index in [1.807, 2.05) is 0 Å². The second-order valence-corrected chi connectivity index (χ2v) is 3.82. The van der Waals surface area contributed by atoms with E-state index < -0.39 is 24.2 Å². The Bertz CT molecular complexity index is 418. The number of hydrogen-bond acceptors (Lipinski definition) is 4. The fourth-order valence-electron chi connectivity index (χ4n) is 1.47. The van der Waals surface area contributed by atoms with Crippen LogP contribution in [0.2, 0.25) is 0 Å². The smallest absolute Gasteiger partial charge is 0.415 e. The van der Waals surface area contributed by atoms with Crippen LogP contribution in [0.1, 0.15) is 6.92 Å². The lowest BCUT2D eigenvalue weighted by molar-refractivity contribution is -0.145. The molecule has 0 unspecified atom stereocenters. The molecule has 98 valence electrons. The maximum atomic E-state index is 11.7. The van der Waals surface area contributed by atoms with Crippen molar-refractivity contribution >= 4 is 12.1 Å². The second-order valence-electron chi connectivity index (χ2n) is 3.82. The summed E-state index contributed by atoms with van der Waals surface area (Å²) < 4.78 is 4.97. The van der Waals surface area contributed by atoms with Crippen LogP contribution in [0.15, 0.2) is 30.3 Å². The van der Waals surface area contributed by atoms with Gasteiger partial charge in [0.25, 0.3) is 0 Å². The number of aliphatic carboxylic acids is 1. The Morgan fingerprint density at radius 2 is 1.83 bits per heavy atom. The van der Waals surface area contributed by atoms with Gasteiger partial charge in [-0.3, -0.25) is 4.90 Å². The van der Waals surface area contributed by atoms with Crippen molar-refractivity contribution in [2.75, 3.05) is 7.05 Å². The number of nitrogens with zero attached hydrogens (tertiary/aromatic N) is 1. The normalized spacial score (nSPS) is 13.5. The Labute approximate surface area is 104 Å². The van der Waals surface area contributed by atoms with Crippen molar-refractivity contribution < 1.29 is 24.5 Å². The van der Waals surface area contributed by atoms with Gasteiger partial charge in [0.1, 0.15) is 5.75 Å². The van der Waals surface area contributed by atoms with Crippen molar-refractivity contribution in [1.82, 2.24) is 4.90 Å². The molecule has 0 aliphatic rings. The third-order valence-corrected chi connectivity index (χ3v) is 2.36. The van der Waals surface area contributed by atoms with E-state index in [1.54, 1.807) is 30.3 Å². The Kier molecular flexibility index (Phi) is 4.67. The summed E-state index contributed by atoms with van der Waals surface area (Å²) in [4.78, 5) is 23.5. The molecular weight excluding hydrogens is 238 g/mol. The summed E-state index contributed by atoms with van der Waals surface area (Å²) in [7, 11) is 1.26. The van der Waals surface area contributed by atoms with Gasteiger partial charge in [-0.15, -0.1) is 0 Å². The molecule has 0 aliphatic heterocycles. The summed E-state index contributed by atoms with van der Waals surface area (Å²) in [6.45, 7) is 1.30. The predicted molar refractivity (Wildman–Crippen MR) is 63.3 cm³/mol. The molecule has 0 aliphatic carbocycles. The van der Waals surface area contributed by atoms with Gasteiger partial charge < -0.3 is 14.9 Å². The number of aliphatic hydroxyl groups is 1. The van der Waals surface area contributed by atoms with Crippen molar-refractivity contribution in [3.8, 4) is 5.75 Å². The van der Waals surface area contributed by atoms with Gasteiger partial charge in [0, 0.05) is 7.05 Å². The van der Waals surface area contributed by atoms with Crippen LogP contribution >= 0.6 is 0 Å². The summed E-state index contributed by atoms with van der Waals surface area (Å²) >= 11 is 0. The molecule has 0 saturated carbocycles. The first kappa shape index (κ1) is 14.0. The molecule has 0 spiro atoms. The van der Waals surface area contributed by atoms with Crippen LogP contribution in [0.4, 0.5) is 4.79 Å². The quantitative estimate of drug-likeness (QED) is 0.834. The van der Waals surface area contributed by atoms with Gasteiger partial charge in [-0.25, -0.2) is 9.59 Å². The highest BCUT2D eigenvalue weighted by molar-refractivity contribution is 5.81. The number of amides is 1. The molecule has 1 rings (SSSR count). The minimum atomic E-state index is -1.35. The number of rotatable bonds is 4. The standard InChI is InChI=1S/C12H15NO5/c1-8(14)10(11(15)16)13(2)12(17)18-9-6-4-3-5-7-9/h3-8,10,14H,1-2H3,(H,15,16)/t8-,10+/m1/s1. The first-order valence-corrected chi connectivity index (χ1v) is 5.34. The van der Waals surface area contributed by atoms with E-state index >= 15 is 0 Å². The molecule has 0 heterocycles. The van der Waals surface area contributed by atoms with E-state index in [9.17, 15) is 14.7 Å². The monoisotopic (exact) mass is 253 g/mol. The highest BCUT2D eigenvalue weighted by Crippen LogP contribution is 2.12. The lowest BCUT2D eigenvalue weighted by Gasteiger charge is -2.25. The van der Waals surface area contributed by atoms with E-state index in [0.29, 0.717) is 5.75 Å². The van der Waals surface area contributed by atoms with Crippen LogP contribution in [-0.4, -0.2) is 46.4 Å². The average molecular weight is 253 g/mol. The molecule has 1 aromatic rings. The van der Waals surface area contributed by atoms with E-state index in [-0.39, 0.29) is 0 Å². The Morgan fingerprint density at radius 3 is 2.28 bits per heavy atom. The number of benzene rings is 1. The third-order valence-electron chi connectivity index (χ3n) is 2.36. The minimum absolute atomic E-state index is 0.309. The molecule has 1 aromatic carbocycles. The largest absolute Gasteiger partial charge is 0.480 e. The average Bonchev–Trinajstić information content (AvgIpc) is 2.29. The number of carboxylic acid groups (broad SMARTS) is 1. The summed E-state index contributed by atoms with van der Waals surface area (Å²) in [6, 6.07) is 6.93. The topological polar surface area (TPSA) is 87.1 Å². The minimum Gasteiger partial charge on any atom is -0.480 e. The van der Waals surface area contributed by atoms with Crippen molar-refractivity contribution in [3.63, 3.8) is 0 Å². The first-order valence-electron chi connectivity index (χ1n) is 5.34. The second kappa shape index (κ2) is 6.02. The number of ether oxygens (including phenoxy) is 1. The Hall–Kier alpha value is -2.08. The molecule has 0 aromatic heterocycles. The fourth-order valence-corrected chi connectivity index (χ4v) is 1.47. The molecule has 0 radical (unpaired) electrons. The van der Waals surface area contributed by atoms with Gasteiger partial charge in [0.2, 0.25) is 0 Å². The molecule has 0 fully saturated rings.